The summed E-state index contributed by atoms with van der Waals surface area (Å²) in [6, 6.07) is 19.6. The van der Waals surface area contributed by atoms with Crippen molar-refractivity contribution in [2.45, 2.75) is 6.92 Å². The van der Waals surface area contributed by atoms with Crippen LogP contribution in [0.3, 0.4) is 0 Å². The van der Waals surface area contributed by atoms with Gasteiger partial charge in [0.2, 0.25) is 0 Å². The van der Waals surface area contributed by atoms with Gasteiger partial charge < -0.3 is 0 Å². The van der Waals surface area contributed by atoms with Crippen molar-refractivity contribution >= 4 is 5.78 Å². The molecule has 102 valence electrons. The molecule has 2 heteroatoms. The first-order chi connectivity index (χ1) is 10.2. The number of aromatic nitrogens is 1. The Hall–Kier alpha value is -2.74. The summed E-state index contributed by atoms with van der Waals surface area (Å²) in [6.45, 7) is 2.07. The molecule has 0 atom stereocenters. The van der Waals surface area contributed by atoms with E-state index in [0.29, 0.717) is 11.1 Å². The highest BCUT2D eigenvalue weighted by molar-refractivity contribution is 6.08. The van der Waals surface area contributed by atoms with Crippen molar-refractivity contribution in [3.63, 3.8) is 0 Å². The van der Waals surface area contributed by atoms with Gasteiger partial charge >= 0.3 is 0 Å². The minimum Gasteiger partial charge on any atom is -0.289 e. The fraction of sp³-hybridized carbons (Fsp3) is 0.0526. The molecular weight excluding hydrogens is 258 g/mol. The summed E-state index contributed by atoms with van der Waals surface area (Å²) in [5, 5.41) is 0. The minimum absolute atomic E-state index is 0.00134. The standard InChI is InChI=1S/C19H15NO/c1-14-4-6-15(7-5-14)16-8-10-17(11-9-16)19(21)18-3-2-12-20-13-18/h2-13H,1H3. The molecule has 3 rings (SSSR count). The van der Waals surface area contributed by atoms with Crippen LogP contribution in [0.4, 0.5) is 0 Å². The fourth-order valence-electron chi connectivity index (χ4n) is 2.22. The summed E-state index contributed by atoms with van der Waals surface area (Å²) >= 11 is 0. The van der Waals surface area contributed by atoms with Gasteiger partial charge in [-0.25, -0.2) is 0 Å². The maximum atomic E-state index is 12.3. The Bertz CT molecular complexity index is 744. The summed E-state index contributed by atoms with van der Waals surface area (Å²) in [5.41, 5.74) is 4.79. The van der Waals surface area contributed by atoms with Gasteiger partial charge in [-0.05, 0) is 30.2 Å². The Labute approximate surface area is 124 Å². The van der Waals surface area contributed by atoms with Crippen LogP contribution in [0.5, 0.6) is 0 Å². The molecule has 3 aromatic rings. The van der Waals surface area contributed by atoms with E-state index >= 15 is 0 Å². The number of pyridine rings is 1. The van der Waals surface area contributed by atoms with Crippen LogP contribution in [0.2, 0.25) is 0 Å². The Morgan fingerprint density at radius 3 is 2.00 bits per heavy atom. The first kappa shape index (κ1) is 13.3. The molecule has 0 amide bonds. The molecule has 0 unspecified atom stereocenters. The lowest BCUT2D eigenvalue weighted by molar-refractivity contribution is 0.103. The second kappa shape index (κ2) is 5.71. The Kier molecular flexibility index (Phi) is 3.61. The Morgan fingerprint density at radius 2 is 1.43 bits per heavy atom. The van der Waals surface area contributed by atoms with E-state index in [-0.39, 0.29) is 5.78 Å². The SMILES string of the molecule is Cc1ccc(-c2ccc(C(=O)c3cccnc3)cc2)cc1. The molecule has 1 aromatic heterocycles. The third-order valence-electron chi connectivity index (χ3n) is 3.46. The molecule has 1 heterocycles. The van der Waals surface area contributed by atoms with Crippen molar-refractivity contribution in [3.05, 3.63) is 89.7 Å². The van der Waals surface area contributed by atoms with E-state index < -0.39 is 0 Å². The zero-order valence-electron chi connectivity index (χ0n) is 11.8. The molecule has 0 aliphatic rings. The molecular formula is C19H15NO. The predicted molar refractivity (Wildman–Crippen MR) is 84.3 cm³/mol. The molecule has 0 spiro atoms. The molecule has 0 aliphatic heterocycles. The fourth-order valence-corrected chi connectivity index (χ4v) is 2.22. The normalized spacial score (nSPS) is 10.3. The van der Waals surface area contributed by atoms with Gasteiger partial charge in [0.15, 0.2) is 5.78 Å². The monoisotopic (exact) mass is 273 g/mol. The number of aryl methyl sites for hydroxylation is 1. The van der Waals surface area contributed by atoms with Crippen molar-refractivity contribution in [1.29, 1.82) is 0 Å². The summed E-state index contributed by atoms with van der Waals surface area (Å²) < 4.78 is 0. The second-order valence-electron chi connectivity index (χ2n) is 5.01. The van der Waals surface area contributed by atoms with E-state index in [4.69, 9.17) is 0 Å². The van der Waals surface area contributed by atoms with Crippen LogP contribution in [-0.2, 0) is 0 Å². The lowest BCUT2D eigenvalue weighted by atomic mass is 9.99. The van der Waals surface area contributed by atoms with Gasteiger partial charge in [-0.3, -0.25) is 9.78 Å². The van der Waals surface area contributed by atoms with Crippen LogP contribution < -0.4 is 0 Å². The highest BCUT2D eigenvalue weighted by atomic mass is 16.1. The van der Waals surface area contributed by atoms with Gasteiger partial charge in [-0.15, -0.1) is 0 Å². The molecule has 2 nitrogen and oxygen atoms in total. The number of carbonyl (C=O) groups is 1. The van der Waals surface area contributed by atoms with Gasteiger partial charge in [0, 0.05) is 23.5 Å². The molecule has 21 heavy (non-hydrogen) atoms. The van der Waals surface area contributed by atoms with E-state index in [1.807, 2.05) is 24.3 Å². The first-order valence-corrected chi connectivity index (χ1v) is 6.86. The molecule has 0 N–H and O–H groups in total. The lowest BCUT2D eigenvalue weighted by Crippen LogP contribution is -2.01. The smallest absolute Gasteiger partial charge is 0.194 e. The van der Waals surface area contributed by atoms with Crippen LogP contribution in [0, 0.1) is 6.92 Å². The van der Waals surface area contributed by atoms with Crippen LogP contribution >= 0.6 is 0 Å². The number of hydrogen-bond acceptors (Lipinski definition) is 2. The summed E-state index contributed by atoms with van der Waals surface area (Å²) in [5.74, 6) is -0.00134. The maximum Gasteiger partial charge on any atom is 0.194 e. The minimum atomic E-state index is -0.00134. The quantitative estimate of drug-likeness (QED) is 0.666. The summed E-state index contributed by atoms with van der Waals surface area (Å²) in [6.07, 6.45) is 3.26. The van der Waals surface area contributed by atoms with Crippen LogP contribution in [0.15, 0.2) is 73.1 Å². The van der Waals surface area contributed by atoms with Crippen molar-refractivity contribution in [1.82, 2.24) is 4.98 Å². The third kappa shape index (κ3) is 2.90. The van der Waals surface area contributed by atoms with E-state index in [9.17, 15) is 4.79 Å². The van der Waals surface area contributed by atoms with Gasteiger partial charge in [0.25, 0.3) is 0 Å². The number of hydrogen-bond donors (Lipinski definition) is 0. The van der Waals surface area contributed by atoms with Gasteiger partial charge in [-0.1, -0.05) is 54.1 Å². The second-order valence-corrected chi connectivity index (χ2v) is 5.01. The highest BCUT2D eigenvalue weighted by Gasteiger charge is 2.08. The maximum absolute atomic E-state index is 12.3. The van der Waals surface area contributed by atoms with E-state index in [1.165, 1.54) is 5.56 Å². The highest BCUT2D eigenvalue weighted by Crippen LogP contribution is 2.21. The van der Waals surface area contributed by atoms with Crippen molar-refractivity contribution in [3.8, 4) is 11.1 Å². The number of carbonyl (C=O) groups excluding carboxylic acids is 1. The Balaban J connectivity index is 1.87. The molecule has 0 fully saturated rings. The average Bonchev–Trinajstić information content (AvgIpc) is 2.56. The van der Waals surface area contributed by atoms with Gasteiger partial charge in [0.1, 0.15) is 0 Å². The zero-order valence-corrected chi connectivity index (χ0v) is 11.8. The number of nitrogens with zero attached hydrogens (tertiary/aromatic N) is 1. The topological polar surface area (TPSA) is 30.0 Å². The van der Waals surface area contributed by atoms with Crippen molar-refractivity contribution in [2.24, 2.45) is 0 Å². The predicted octanol–water partition coefficient (Wildman–Crippen LogP) is 4.29. The molecule has 0 saturated heterocycles. The van der Waals surface area contributed by atoms with Crippen LogP contribution in [0.1, 0.15) is 21.5 Å². The molecule has 0 saturated carbocycles. The average molecular weight is 273 g/mol. The number of benzene rings is 2. The van der Waals surface area contributed by atoms with E-state index in [1.54, 1.807) is 24.5 Å². The number of ketones is 1. The Morgan fingerprint density at radius 1 is 0.810 bits per heavy atom. The van der Waals surface area contributed by atoms with Gasteiger partial charge in [-0.2, -0.15) is 0 Å². The molecule has 0 radical (unpaired) electrons. The molecule has 2 aromatic carbocycles. The largest absolute Gasteiger partial charge is 0.289 e. The molecule has 0 bridgehead atoms. The van der Waals surface area contributed by atoms with E-state index in [0.717, 1.165) is 11.1 Å². The first-order valence-electron chi connectivity index (χ1n) is 6.86. The van der Waals surface area contributed by atoms with Crippen molar-refractivity contribution < 1.29 is 4.79 Å². The lowest BCUT2D eigenvalue weighted by Gasteiger charge is -2.05. The van der Waals surface area contributed by atoms with E-state index in [2.05, 4.69) is 36.2 Å². The van der Waals surface area contributed by atoms with Crippen LogP contribution in [-0.4, -0.2) is 10.8 Å². The summed E-state index contributed by atoms with van der Waals surface area (Å²) in [4.78, 5) is 16.3. The van der Waals surface area contributed by atoms with Gasteiger partial charge in [0.05, 0.1) is 0 Å². The van der Waals surface area contributed by atoms with Crippen LogP contribution in [0.25, 0.3) is 11.1 Å². The van der Waals surface area contributed by atoms with Crippen molar-refractivity contribution in [2.75, 3.05) is 0 Å². The zero-order chi connectivity index (χ0) is 14.7. The molecule has 0 aliphatic carbocycles. The summed E-state index contributed by atoms with van der Waals surface area (Å²) in [7, 11) is 0. The third-order valence-corrected chi connectivity index (χ3v) is 3.46. The number of rotatable bonds is 3.